The van der Waals surface area contributed by atoms with Crippen molar-refractivity contribution in [2.75, 3.05) is 54.4 Å². The Hall–Kier alpha value is -3.98. The van der Waals surface area contributed by atoms with Gasteiger partial charge in [0.2, 0.25) is 0 Å². The zero-order valence-electron chi connectivity index (χ0n) is 20.9. The molecule has 0 bridgehead atoms. The van der Waals surface area contributed by atoms with Crippen molar-refractivity contribution in [2.24, 2.45) is 0 Å². The quantitative estimate of drug-likeness (QED) is 0.563. The molecule has 5 rings (SSSR count). The lowest BCUT2D eigenvalue weighted by Crippen LogP contribution is -2.49. The molecule has 0 aliphatic carbocycles. The molecule has 2 aliphatic heterocycles. The van der Waals surface area contributed by atoms with E-state index in [2.05, 4.69) is 51.5 Å². The number of hydrogen-bond donors (Lipinski definition) is 1. The fraction of sp³-hybridized carbons (Fsp3) is 0.333. The molecule has 2 saturated heterocycles. The summed E-state index contributed by atoms with van der Waals surface area (Å²) >= 11 is 0. The summed E-state index contributed by atoms with van der Waals surface area (Å²) < 4.78 is 0. The molecule has 2 aliphatic rings. The van der Waals surface area contributed by atoms with E-state index in [1.54, 1.807) is 0 Å². The number of nitriles is 1. The fourth-order valence-electron chi connectivity index (χ4n) is 5.26. The van der Waals surface area contributed by atoms with Gasteiger partial charge >= 0.3 is 0 Å². The van der Waals surface area contributed by atoms with Crippen LogP contribution < -0.4 is 15.1 Å². The molecule has 0 saturated carbocycles. The van der Waals surface area contributed by atoms with Crippen molar-refractivity contribution in [3.63, 3.8) is 0 Å². The van der Waals surface area contributed by atoms with E-state index in [0.29, 0.717) is 6.04 Å². The number of amides is 1. The maximum Gasteiger partial charge on any atom is 0.254 e. The van der Waals surface area contributed by atoms with Gasteiger partial charge in [-0.2, -0.15) is 5.26 Å². The Labute approximate surface area is 213 Å². The topological polar surface area (TPSA) is 62.6 Å². The summed E-state index contributed by atoms with van der Waals surface area (Å²) in [6, 6.07) is 27.0. The summed E-state index contributed by atoms with van der Waals surface area (Å²) in [5.74, 6) is 0.117. The Kier molecular flexibility index (Phi) is 7.08. The van der Waals surface area contributed by atoms with E-state index >= 15 is 0 Å². The molecular formula is C30H33N5O. The van der Waals surface area contributed by atoms with Gasteiger partial charge in [-0.3, -0.25) is 4.79 Å². The highest BCUT2D eigenvalue weighted by molar-refractivity contribution is 5.96. The lowest BCUT2D eigenvalue weighted by atomic mass is 10.0. The minimum absolute atomic E-state index is 0.117. The molecule has 0 radical (unpaired) electrons. The molecule has 2 fully saturated rings. The Bertz CT molecular complexity index is 1240. The van der Waals surface area contributed by atoms with E-state index < -0.39 is 0 Å². The van der Waals surface area contributed by atoms with Crippen LogP contribution in [0.5, 0.6) is 0 Å². The number of nitrogens with one attached hydrogen (secondary N) is 1. The van der Waals surface area contributed by atoms with Gasteiger partial charge in [0.05, 0.1) is 11.3 Å². The summed E-state index contributed by atoms with van der Waals surface area (Å²) in [7, 11) is 0. The second-order valence-corrected chi connectivity index (χ2v) is 9.68. The fourth-order valence-corrected chi connectivity index (χ4v) is 5.26. The van der Waals surface area contributed by atoms with Gasteiger partial charge in [-0.1, -0.05) is 36.4 Å². The molecule has 0 aromatic heterocycles. The lowest BCUT2D eigenvalue weighted by molar-refractivity contribution is 0.0746. The molecule has 6 nitrogen and oxygen atoms in total. The van der Waals surface area contributed by atoms with Crippen LogP contribution >= 0.6 is 0 Å². The first kappa shape index (κ1) is 23.7. The minimum atomic E-state index is 0.117. The van der Waals surface area contributed by atoms with Crippen molar-refractivity contribution in [2.45, 2.75) is 25.8 Å². The minimum Gasteiger partial charge on any atom is -0.382 e. The van der Waals surface area contributed by atoms with E-state index in [9.17, 15) is 10.1 Å². The second-order valence-electron chi connectivity index (χ2n) is 9.68. The van der Waals surface area contributed by atoms with Crippen LogP contribution in [0.3, 0.4) is 0 Å². The summed E-state index contributed by atoms with van der Waals surface area (Å²) in [6.45, 7) is 6.98. The first-order valence-electron chi connectivity index (χ1n) is 12.8. The molecule has 184 valence electrons. The average molecular weight is 480 g/mol. The van der Waals surface area contributed by atoms with Crippen molar-refractivity contribution < 1.29 is 4.79 Å². The largest absolute Gasteiger partial charge is 0.382 e. The van der Waals surface area contributed by atoms with Crippen molar-refractivity contribution in [3.05, 3.63) is 89.5 Å². The molecule has 0 spiro atoms. The number of nitrogens with zero attached hydrogens (tertiary/aromatic N) is 4. The summed E-state index contributed by atoms with van der Waals surface area (Å²) in [6.07, 6.45) is 1.97. The molecule has 36 heavy (non-hydrogen) atoms. The maximum atomic E-state index is 13.4. The van der Waals surface area contributed by atoms with Gasteiger partial charge in [0.25, 0.3) is 5.91 Å². The molecule has 6 heteroatoms. The number of rotatable bonds is 5. The molecule has 0 atom stereocenters. The second kappa shape index (κ2) is 10.7. The van der Waals surface area contributed by atoms with Crippen LogP contribution in [0.25, 0.3) is 0 Å². The van der Waals surface area contributed by atoms with E-state index in [-0.39, 0.29) is 5.91 Å². The lowest BCUT2D eigenvalue weighted by Gasteiger charge is -2.36. The van der Waals surface area contributed by atoms with Crippen molar-refractivity contribution in [3.8, 4) is 6.07 Å². The monoisotopic (exact) mass is 479 g/mol. The molecule has 3 aromatic carbocycles. The number of benzene rings is 3. The number of para-hydroxylation sites is 2. The first-order valence-corrected chi connectivity index (χ1v) is 12.8. The molecule has 0 unspecified atom stereocenters. The van der Waals surface area contributed by atoms with Crippen LogP contribution in [0, 0.1) is 18.3 Å². The number of hydrogen-bond acceptors (Lipinski definition) is 5. The van der Waals surface area contributed by atoms with Gasteiger partial charge in [0.15, 0.2) is 0 Å². The number of aryl methyl sites for hydroxylation is 1. The van der Waals surface area contributed by atoms with Gasteiger partial charge in [-0.05, 0) is 61.7 Å². The van der Waals surface area contributed by atoms with Gasteiger partial charge in [0.1, 0.15) is 6.07 Å². The van der Waals surface area contributed by atoms with E-state index in [1.807, 2.05) is 54.3 Å². The Balaban J connectivity index is 1.19. The van der Waals surface area contributed by atoms with Gasteiger partial charge in [-0.15, -0.1) is 0 Å². The number of anilines is 3. The molecule has 1 N–H and O–H groups in total. The van der Waals surface area contributed by atoms with Gasteiger partial charge in [-0.25, -0.2) is 0 Å². The molecule has 1 amide bonds. The molecule has 2 heterocycles. The highest BCUT2D eigenvalue weighted by Crippen LogP contribution is 2.26. The predicted octanol–water partition coefficient (Wildman–Crippen LogP) is 4.91. The van der Waals surface area contributed by atoms with Crippen LogP contribution in [-0.2, 0) is 0 Å². The summed E-state index contributed by atoms with van der Waals surface area (Å²) in [4.78, 5) is 20.0. The Morgan fingerprint density at radius 1 is 0.861 bits per heavy atom. The maximum absolute atomic E-state index is 13.4. The van der Waals surface area contributed by atoms with Crippen LogP contribution in [0.1, 0.15) is 34.3 Å². The number of piperidine rings is 1. The Morgan fingerprint density at radius 2 is 1.56 bits per heavy atom. The third kappa shape index (κ3) is 5.16. The smallest absolute Gasteiger partial charge is 0.254 e. The van der Waals surface area contributed by atoms with E-state index in [1.165, 1.54) is 5.69 Å². The van der Waals surface area contributed by atoms with Gasteiger partial charge < -0.3 is 20.0 Å². The highest BCUT2D eigenvalue weighted by Gasteiger charge is 2.25. The van der Waals surface area contributed by atoms with Crippen LogP contribution in [0.4, 0.5) is 17.1 Å². The average Bonchev–Trinajstić information content (AvgIpc) is 2.94. The SMILES string of the molecule is Cc1ccc(NC2CCN(c3ccccc3C#N)CC2)cc1C(=O)N1CCN(c2ccccc2)CC1. The van der Waals surface area contributed by atoms with E-state index in [0.717, 1.165) is 80.2 Å². The zero-order chi connectivity index (χ0) is 24.9. The number of carbonyl (C=O) groups excluding carboxylic acids is 1. The van der Waals surface area contributed by atoms with Crippen LogP contribution in [0.15, 0.2) is 72.8 Å². The van der Waals surface area contributed by atoms with E-state index in [4.69, 9.17) is 0 Å². The highest BCUT2D eigenvalue weighted by atomic mass is 16.2. The standard InChI is InChI=1S/C30H33N5O/c1-23-11-12-26(32-25-13-15-34(16-14-25)29-10-6-5-7-24(29)22-31)21-28(23)30(36)35-19-17-33(18-20-35)27-8-3-2-4-9-27/h2-12,21,25,32H,13-20H2,1H3. The normalized spacial score (nSPS) is 16.5. The third-order valence-corrected chi connectivity index (χ3v) is 7.39. The van der Waals surface area contributed by atoms with Crippen LogP contribution in [-0.4, -0.2) is 56.1 Å². The Morgan fingerprint density at radius 3 is 2.28 bits per heavy atom. The van der Waals surface area contributed by atoms with Crippen LogP contribution in [0.2, 0.25) is 0 Å². The number of piperazine rings is 1. The summed E-state index contributed by atoms with van der Waals surface area (Å²) in [5.41, 5.74) is 5.77. The molecule has 3 aromatic rings. The number of carbonyl (C=O) groups is 1. The first-order chi connectivity index (χ1) is 17.6. The molecular weight excluding hydrogens is 446 g/mol. The summed E-state index contributed by atoms with van der Waals surface area (Å²) in [5, 5.41) is 13.1. The van der Waals surface area contributed by atoms with Crippen molar-refractivity contribution in [1.82, 2.24) is 4.90 Å². The third-order valence-electron chi connectivity index (χ3n) is 7.39. The van der Waals surface area contributed by atoms with Gasteiger partial charge in [0, 0.05) is 62.2 Å². The van der Waals surface area contributed by atoms with Crippen molar-refractivity contribution >= 4 is 23.0 Å². The van der Waals surface area contributed by atoms with Crippen molar-refractivity contribution in [1.29, 1.82) is 5.26 Å². The predicted molar refractivity (Wildman–Crippen MR) is 146 cm³/mol. The zero-order valence-corrected chi connectivity index (χ0v) is 20.9.